The van der Waals surface area contributed by atoms with E-state index < -0.39 is 0 Å². The highest BCUT2D eigenvalue weighted by Gasteiger charge is 2.43. The van der Waals surface area contributed by atoms with Gasteiger partial charge in [-0.2, -0.15) is 0 Å². The number of anilines is 1. The predicted octanol–water partition coefficient (Wildman–Crippen LogP) is 4.32. The highest BCUT2D eigenvalue weighted by Crippen LogP contribution is 2.53. The third kappa shape index (κ3) is 1.81. The molecule has 19 heavy (non-hydrogen) atoms. The van der Waals surface area contributed by atoms with Crippen LogP contribution in [-0.2, 0) is 6.42 Å². The van der Waals surface area contributed by atoms with Gasteiger partial charge in [-0.3, -0.25) is 0 Å². The van der Waals surface area contributed by atoms with Crippen molar-refractivity contribution in [3.63, 3.8) is 0 Å². The SMILES string of the molecule is CC1C(C)C(C)C(c2cccc3c2N(C)CC3)C1C. The first-order valence-corrected chi connectivity index (χ1v) is 7.85. The molecule has 1 saturated carbocycles. The lowest BCUT2D eigenvalue weighted by molar-refractivity contribution is 0.352. The molecular weight excluding hydrogens is 230 g/mol. The fraction of sp³-hybridized carbons (Fsp3) is 0.667. The van der Waals surface area contributed by atoms with Crippen LogP contribution in [0.4, 0.5) is 5.69 Å². The Bertz CT molecular complexity index is 465. The Morgan fingerprint density at radius 3 is 2.21 bits per heavy atom. The lowest BCUT2D eigenvalue weighted by atomic mass is 9.81. The van der Waals surface area contributed by atoms with Crippen molar-refractivity contribution >= 4 is 5.69 Å². The number of fused-ring (bicyclic) bond motifs is 1. The van der Waals surface area contributed by atoms with Crippen LogP contribution in [0.2, 0.25) is 0 Å². The van der Waals surface area contributed by atoms with Crippen LogP contribution in [0.1, 0.15) is 44.7 Å². The molecule has 1 aromatic carbocycles. The summed E-state index contributed by atoms with van der Waals surface area (Å²) in [5, 5.41) is 0. The molecule has 1 aromatic rings. The quantitative estimate of drug-likeness (QED) is 0.724. The maximum Gasteiger partial charge on any atom is 0.0432 e. The van der Waals surface area contributed by atoms with Gasteiger partial charge in [0.05, 0.1) is 0 Å². The van der Waals surface area contributed by atoms with Crippen molar-refractivity contribution in [2.45, 2.75) is 40.0 Å². The molecule has 0 amide bonds. The predicted molar refractivity (Wildman–Crippen MR) is 82.8 cm³/mol. The molecule has 0 bridgehead atoms. The van der Waals surface area contributed by atoms with E-state index in [0.717, 1.165) is 29.6 Å². The molecular formula is C18H27N. The second kappa shape index (κ2) is 4.54. The molecule has 4 unspecified atom stereocenters. The van der Waals surface area contributed by atoms with Gasteiger partial charge in [0.15, 0.2) is 0 Å². The summed E-state index contributed by atoms with van der Waals surface area (Å²) in [6, 6.07) is 6.99. The number of benzene rings is 1. The highest BCUT2D eigenvalue weighted by molar-refractivity contribution is 5.64. The van der Waals surface area contributed by atoms with Gasteiger partial charge in [0, 0.05) is 19.3 Å². The Balaban J connectivity index is 2.06. The summed E-state index contributed by atoms with van der Waals surface area (Å²) in [5.74, 6) is 4.00. The summed E-state index contributed by atoms with van der Waals surface area (Å²) in [4.78, 5) is 2.47. The zero-order valence-electron chi connectivity index (χ0n) is 13.0. The van der Waals surface area contributed by atoms with Gasteiger partial charge in [-0.25, -0.2) is 0 Å². The van der Waals surface area contributed by atoms with Crippen molar-refractivity contribution in [1.82, 2.24) is 0 Å². The minimum atomic E-state index is 0.737. The summed E-state index contributed by atoms with van der Waals surface area (Å²) < 4.78 is 0. The first-order valence-electron chi connectivity index (χ1n) is 7.85. The number of hydrogen-bond donors (Lipinski definition) is 0. The molecule has 1 aliphatic heterocycles. The van der Waals surface area contributed by atoms with E-state index in [1.807, 2.05) is 0 Å². The van der Waals surface area contributed by atoms with Crippen molar-refractivity contribution < 1.29 is 0 Å². The second-order valence-electron chi connectivity index (χ2n) is 6.99. The first-order chi connectivity index (χ1) is 9.02. The lowest BCUT2D eigenvalue weighted by Crippen LogP contribution is -2.18. The molecule has 0 saturated heterocycles. The molecule has 0 radical (unpaired) electrons. The topological polar surface area (TPSA) is 3.24 Å². The maximum absolute atomic E-state index is 2.47. The molecule has 3 rings (SSSR count). The standard InChI is InChI=1S/C18H27N/c1-11-12(2)14(4)17(13(11)3)16-8-6-7-15-9-10-19(5)18(15)16/h6-8,11-14,17H,9-10H2,1-5H3. The van der Waals surface area contributed by atoms with E-state index in [2.05, 4.69) is 57.8 Å². The Kier molecular flexibility index (Phi) is 3.11. The Labute approximate surface area is 118 Å². The second-order valence-corrected chi connectivity index (χ2v) is 6.99. The number of para-hydroxylation sites is 1. The van der Waals surface area contributed by atoms with E-state index in [-0.39, 0.29) is 0 Å². The van der Waals surface area contributed by atoms with Gasteiger partial charge in [0.25, 0.3) is 0 Å². The fourth-order valence-corrected chi connectivity index (χ4v) is 4.60. The van der Waals surface area contributed by atoms with Crippen LogP contribution < -0.4 is 4.90 Å². The van der Waals surface area contributed by atoms with Crippen LogP contribution >= 0.6 is 0 Å². The minimum absolute atomic E-state index is 0.737. The molecule has 1 heterocycles. The summed E-state index contributed by atoms with van der Waals surface area (Å²) in [6.45, 7) is 11.0. The third-order valence-corrected chi connectivity index (χ3v) is 6.23. The monoisotopic (exact) mass is 257 g/mol. The van der Waals surface area contributed by atoms with Gasteiger partial charge in [0.1, 0.15) is 0 Å². The van der Waals surface area contributed by atoms with E-state index >= 15 is 0 Å². The summed E-state index contributed by atoms with van der Waals surface area (Å²) in [7, 11) is 2.26. The molecule has 1 nitrogen and oxygen atoms in total. The zero-order valence-corrected chi connectivity index (χ0v) is 13.0. The number of rotatable bonds is 1. The van der Waals surface area contributed by atoms with E-state index in [4.69, 9.17) is 0 Å². The van der Waals surface area contributed by atoms with E-state index in [1.165, 1.54) is 13.0 Å². The molecule has 4 atom stereocenters. The molecule has 104 valence electrons. The van der Waals surface area contributed by atoms with Crippen LogP contribution in [0, 0.1) is 23.7 Å². The van der Waals surface area contributed by atoms with E-state index in [0.29, 0.717) is 0 Å². The Morgan fingerprint density at radius 2 is 1.58 bits per heavy atom. The minimum Gasteiger partial charge on any atom is -0.374 e. The number of likely N-dealkylation sites (N-methyl/N-ethyl adjacent to an activating group) is 1. The smallest absolute Gasteiger partial charge is 0.0432 e. The highest BCUT2D eigenvalue weighted by atomic mass is 15.1. The molecule has 0 aromatic heterocycles. The van der Waals surface area contributed by atoms with Gasteiger partial charge in [-0.1, -0.05) is 45.9 Å². The van der Waals surface area contributed by atoms with Crippen molar-refractivity contribution in [2.24, 2.45) is 23.7 Å². The van der Waals surface area contributed by atoms with Crippen LogP contribution in [0.25, 0.3) is 0 Å². The molecule has 0 N–H and O–H groups in total. The zero-order chi connectivity index (χ0) is 13.7. The summed E-state index contributed by atoms with van der Waals surface area (Å²) in [6.07, 6.45) is 1.22. The average Bonchev–Trinajstić information content (AvgIpc) is 2.86. The van der Waals surface area contributed by atoms with Crippen LogP contribution in [0.5, 0.6) is 0 Å². The maximum atomic E-state index is 2.47. The first kappa shape index (κ1) is 13.0. The van der Waals surface area contributed by atoms with Crippen molar-refractivity contribution in [3.8, 4) is 0 Å². The van der Waals surface area contributed by atoms with Gasteiger partial charge in [-0.15, -0.1) is 0 Å². The Hall–Kier alpha value is -0.980. The normalized spacial score (nSPS) is 37.7. The van der Waals surface area contributed by atoms with Gasteiger partial charge in [-0.05, 0) is 47.1 Å². The van der Waals surface area contributed by atoms with Crippen LogP contribution in [0.3, 0.4) is 0 Å². The average molecular weight is 257 g/mol. The molecule has 0 spiro atoms. The summed E-state index contributed by atoms with van der Waals surface area (Å²) >= 11 is 0. The molecule has 1 aliphatic carbocycles. The van der Waals surface area contributed by atoms with Crippen molar-refractivity contribution in [1.29, 1.82) is 0 Å². The number of hydrogen-bond acceptors (Lipinski definition) is 1. The van der Waals surface area contributed by atoms with Crippen LogP contribution in [0.15, 0.2) is 18.2 Å². The van der Waals surface area contributed by atoms with Crippen molar-refractivity contribution in [3.05, 3.63) is 29.3 Å². The van der Waals surface area contributed by atoms with E-state index in [1.54, 1.807) is 16.8 Å². The van der Waals surface area contributed by atoms with Gasteiger partial charge < -0.3 is 4.90 Å². The lowest BCUT2D eigenvalue weighted by Gasteiger charge is -2.27. The largest absolute Gasteiger partial charge is 0.374 e. The van der Waals surface area contributed by atoms with Gasteiger partial charge >= 0.3 is 0 Å². The molecule has 2 aliphatic rings. The Morgan fingerprint density at radius 1 is 0.947 bits per heavy atom. The van der Waals surface area contributed by atoms with Crippen LogP contribution in [-0.4, -0.2) is 13.6 Å². The van der Waals surface area contributed by atoms with Gasteiger partial charge in [0.2, 0.25) is 0 Å². The molecule has 1 heteroatoms. The summed E-state index contributed by atoms with van der Waals surface area (Å²) in [5.41, 5.74) is 4.73. The van der Waals surface area contributed by atoms with Crippen molar-refractivity contribution in [2.75, 3.05) is 18.5 Å². The number of nitrogens with zero attached hydrogens (tertiary/aromatic N) is 1. The molecule has 1 fully saturated rings. The van der Waals surface area contributed by atoms with E-state index in [9.17, 15) is 0 Å². The fourth-order valence-electron chi connectivity index (χ4n) is 4.60. The third-order valence-electron chi connectivity index (χ3n) is 6.23.